The van der Waals surface area contributed by atoms with E-state index in [2.05, 4.69) is 12.5 Å². The third kappa shape index (κ3) is 4.06. The second kappa shape index (κ2) is 6.26. The van der Waals surface area contributed by atoms with Gasteiger partial charge in [0.15, 0.2) is 0 Å². The summed E-state index contributed by atoms with van der Waals surface area (Å²) >= 11 is 1.14. The summed E-state index contributed by atoms with van der Waals surface area (Å²) < 4.78 is 0. The lowest BCUT2D eigenvalue weighted by Crippen LogP contribution is -1.95. The van der Waals surface area contributed by atoms with E-state index >= 15 is 0 Å². The van der Waals surface area contributed by atoms with Gasteiger partial charge < -0.3 is 0 Å². The largest absolute Gasteiger partial charge is 0.185 e. The smallest absolute Gasteiger partial charge is 0.134 e. The summed E-state index contributed by atoms with van der Waals surface area (Å²) in [6.45, 7) is 3.57. The van der Waals surface area contributed by atoms with E-state index in [-0.39, 0.29) is 5.25 Å². The van der Waals surface area contributed by atoms with Crippen molar-refractivity contribution in [1.29, 1.82) is 5.26 Å². The molecule has 0 heterocycles. The molecule has 1 unspecified atom stereocenters. The number of thioether (sulfide) groups is 1. The van der Waals surface area contributed by atoms with Gasteiger partial charge in [0.2, 0.25) is 0 Å². The molecule has 0 rings (SSSR count). The fourth-order valence-electron chi connectivity index (χ4n) is 0.509. The molecule has 0 aliphatic carbocycles. The summed E-state index contributed by atoms with van der Waals surface area (Å²) in [7, 11) is 0. The average molecular weight is 151 g/mol. The van der Waals surface area contributed by atoms with Gasteiger partial charge in [0, 0.05) is 0 Å². The van der Waals surface area contributed by atoms with Crippen LogP contribution < -0.4 is 0 Å². The van der Waals surface area contributed by atoms with Crippen molar-refractivity contribution in [2.24, 2.45) is 0 Å². The molecule has 2 heteroatoms. The molecule has 0 saturated heterocycles. The first kappa shape index (κ1) is 9.14. The maximum atomic E-state index is 8.26. The van der Waals surface area contributed by atoms with Gasteiger partial charge in [-0.25, -0.2) is 0 Å². The van der Waals surface area contributed by atoms with Gasteiger partial charge in [0.25, 0.3) is 0 Å². The van der Waals surface area contributed by atoms with E-state index in [9.17, 15) is 0 Å². The maximum absolute atomic E-state index is 8.26. The molecule has 1 nitrogen and oxygen atoms in total. The third-order valence-electron chi connectivity index (χ3n) is 1.01. The second-order valence-corrected chi connectivity index (χ2v) is 2.72. The van der Waals surface area contributed by atoms with Gasteiger partial charge in [-0.1, -0.05) is 12.0 Å². The predicted molar refractivity (Wildman–Crippen MR) is 45.3 cm³/mol. The number of allylic oxidation sites excluding steroid dienone is 1. The minimum Gasteiger partial charge on any atom is -0.185 e. The summed E-state index contributed by atoms with van der Waals surface area (Å²) in [5.41, 5.74) is 0. The second-order valence-electron chi connectivity index (χ2n) is 1.73. The van der Waals surface area contributed by atoms with Crippen LogP contribution in [0.2, 0.25) is 0 Å². The molecular weight excluding hydrogens is 142 g/mol. The Hall–Kier alpha value is -0.860. The van der Waals surface area contributed by atoms with E-state index < -0.39 is 0 Å². The van der Waals surface area contributed by atoms with Crippen molar-refractivity contribution in [3.63, 3.8) is 0 Å². The van der Waals surface area contributed by atoms with E-state index in [0.29, 0.717) is 0 Å². The summed E-state index contributed by atoms with van der Waals surface area (Å²) in [6.07, 6.45) is 8.68. The van der Waals surface area contributed by atoms with Crippen LogP contribution in [0.3, 0.4) is 0 Å². The van der Waals surface area contributed by atoms with Gasteiger partial charge in [0.1, 0.15) is 5.40 Å². The topological polar surface area (TPSA) is 23.8 Å². The Morgan fingerprint density at radius 2 is 2.50 bits per heavy atom. The molecule has 0 aromatic carbocycles. The van der Waals surface area contributed by atoms with Crippen molar-refractivity contribution >= 4 is 11.8 Å². The molecule has 0 aliphatic rings. The Bertz CT molecular complexity index is 173. The van der Waals surface area contributed by atoms with E-state index in [1.807, 2.05) is 11.5 Å². The molecule has 10 heavy (non-hydrogen) atoms. The van der Waals surface area contributed by atoms with E-state index in [4.69, 9.17) is 11.7 Å². The predicted octanol–water partition coefficient (Wildman–Crippen LogP) is 2.17. The SMILES string of the molecule is C#CC(CCC=C)SC#N. The summed E-state index contributed by atoms with van der Waals surface area (Å²) in [6, 6.07) is 0. The minimum absolute atomic E-state index is 0.0306. The summed E-state index contributed by atoms with van der Waals surface area (Å²) in [5.74, 6) is 2.53. The molecule has 0 aromatic rings. The number of terminal acetylenes is 1. The monoisotopic (exact) mass is 151 g/mol. The molecule has 1 atom stereocenters. The highest BCUT2D eigenvalue weighted by Crippen LogP contribution is 2.13. The van der Waals surface area contributed by atoms with Crippen molar-refractivity contribution in [1.82, 2.24) is 0 Å². The van der Waals surface area contributed by atoms with Crippen LogP contribution in [0.25, 0.3) is 0 Å². The van der Waals surface area contributed by atoms with Crippen LogP contribution in [0.1, 0.15) is 12.8 Å². The quantitative estimate of drug-likeness (QED) is 0.349. The van der Waals surface area contributed by atoms with E-state index in [0.717, 1.165) is 24.6 Å². The van der Waals surface area contributed by atoms with Crippen LogP contribution >= 0.6 is 11.8 Å². The van der Waals surface area contributed by atoms with Gasteiger partial charge >= 0.3 is 0 Å². The van der Waals surface area contributed by atoms with E-state index in [1.54, 1.807) is 0 Å². The molecule has 0 bridgehead atoms. The van der Waals surface area contributed by atoms with Crippen molar-refractivity contribution < 1.29 is 0 Å². The summed E-state index contributed by atoms with van der Waals surface area (Å²) in [5, 5.41) is 10.3. The molecule has 0 radical (unpaired) electrons. The van der Waals surface area contributed by atoms with Gasteiger partial charge in [-0.15, -0.1) is 13.0 Å². The summed E-state index contributed by atoms with van der Waals surface area (Å²) in [4.78, 5) is 0. The molecule has 0 saturated carbocycles. The van der Waals surface area contributed by atoms with Crippen LogP contribution in [0.15, 0.2) is 12.7 Å². The lowest BCUT2D eigenvalue weighted by molar-refractivity contribution is 0.904. The number of hydrogen-bond acceptors (Lipinski definition) is 2. The first-order chi connectivity index (χ1) is 4.85. The number of nitrogens with zero attached hydrogens (tertiary/aromatic N) is 1. The zero-order chi connectivity index (χ0) is 7.82. The van der Waals surface area contributed by atoms with Gasteiger partial charge in [-0.3, -0.25) is 0 Å². The first-order valence-electron chi connectivity index (χ1n) is 2.97. The Balaban J connectivity index is 3.54. The zero-order valence-electron chi connectivity index (χ0n) is 5.71. The fraction of sp³-hybridized carbons (Fsp3) is 0.375. The van der Waals surface area contributed by atoms with Crippen LogP contribution in [0.4, 0.5) is 0 Å². The Morgan fingerprint density at radius 1 is 1.80 bits per heavy atom. The molecule has 52 valence electrons. The van der Waals surface area contributed by atoms with Crippen LogP contribution in [-0.2, 0) is 0 Å². The Kier molecular flexibility index (Phi) is 5.72. The van der Waals surface area contributed by atoms with Crippen molar-refractivity contribution in [2.75, 3.05) is 0 Å². The lowest BCUT2D eigenvalue weighted by Gasteiger charge is -2.00. The molecule has 0 amide bonds. The van der Waals surface area contributed by atoms with Gasteiger partial charge in [0.05, 0.1) is 5.25 Å². The van der Waals surface area contributed by atoms with E-state index in [1.165, 1.54) is 0 Å². The first-order valence-corrected chi connectivity index (χ1v) is 3.85. The minimum atomic E-state index is 0.0306. The third-order valence-corrected chi connectivity index (χ3v) is 1.78. The van der Waals surface area contributed by atoms with Crippen LogP contribution in [0.5, 0.6) is 0 Å². The lowest BCUT2D eigenvalue weighted by atomic mass is 10.2. The van der Waals surface area contributed by atoms with Crippen molar-refractivity contribution in [2.45, 2.75) is 18.1 Å². The Morgan fingerprint density at radius 3 is 2.90 bits per heavy atom. The fourth-order valence-corrected chi connectivity index (χ4v) is 0.958. The highest BCUT2D eigenvalue weighted by atomic mass is 32.2. The zero-order valence-corrected chi connectivity index (χ0v) is 6.53. The number of nitriles is 1. The molecule has 0 spiro atoms. The number of hydrogen-bond donors (Lipinski definition) is 0. The molecule has 0 N–H and O–H groups in total. The van der Waals surface area contributed by atoms with Crippen molar-refractivity contribution in [3.05, 3.63) is 12.7 Å². The molecule has 0 aliphatic heterocycles. The normalized spacial score (nSPS) is 11.0. The van der Waals surface area contributed by atoms with Crippen LogP contribution in [0, 0.1) is 23.0 Å². The van der Waals surface area contributed by atoms with Crippen molar-refractivity contribution in [3.8, 4) is 17.7 Å². The molecule has 0 fully saturated rings. The standard InChI is InChI=1S/C8H9NS/c1-3-5-6-8(4-2)10-7-9/h2-3,8H,1,5-6H2. The van der Waals surface area contributed by atoms with Gasteiger partial charge in [-0.05, 0) is 24.6 Å². The molecule has 0 aromatic heterocycles. The van der Waals surface area contributed by atoms with Gasteiger partial charge in [-0.2, -0.15) is 5.26 Å². The highest BCUT2D eigenvalue weighted by Gasteiger charge is 2.01. The van der Waals surface area contributed by atoms with Crippen LogP contribution in [-0.4, -0.2) is 5.25 Å². The number of rotatable bonds is 4. The highest BCUT2D eigenvalue weighted by molar-refractivity contribution is 8.04. The number of thiocyanates is 1. The Labute approximate surface area is 66.1 Å². The maximum Gasteiger partial charge on any atom is 0.134 e. The average Bonchev–Trinajstić information content (AvgIpc) is 1.98. The molecular formula is C8H9NS.